The van der Waals surface area contributed by atoms with Crippen molar-refractivity contribution in [3.05, 3.63) is 107 Å². The molecule has 144 valence electrons. The molecule has 4 rings (SSSR count). The van der Waals surface area contributed by atoms with Gasteiger partial charge < -0.3 is 10.6 Å². The Morgan fingerprint density at radius 1 is 0.679 bits per heavy atom. The average Bonchev–Trinajstić information content (AvgIpc) is 3.13. The first-order valence-corrected chi connectivity index (χ1v) is 8.81. The van der Waals surface area contributed by atoms with Gasteiger partial charge in [-0.2, -0.15) is 0 Å². The highest BCUT2D eigenvalue weighted by atomic mass is 35.5. The number of aliphatic imine (C=N–C) groups is 1. The summed E-state index contributed by atoms with van der Waals surface area (Å²) < 4.78 is 26.6. The van der Waals surface area contributed by atoms with E-state index in [0.717, 1.165) is 16.7 Å². The van der Waals surface area contributed by atoms with Crippen LogP contribution >= 0.6 is 12.4 Å². The first kappa shape index (κ1) is 19.8. The molecule has 2 unspecified atom stereocenters. The smallest absolute Gasteiger partial charge is 0.192 e. The van der Waals surface area contributed by atoms with Crippen LogP contribution in [0.5, 0.6) is 0 Å². The number of rotatable bonds is 4. The maximum Gasteiger partial charge on any atom is 0.192 e. The first-order valence-electron chi connectivity index (χ1n) is 8.81. The van der Waals surface area contributed by atoms with Crippen LogP contribution in [-0.4, -0.2) is 5.96 Å². The van der Waals surface area contributed by atoms with E-state index >= 15 is 0 Å². The van der Waals surface area contributed by atoms with Gasteiger partial charge in [-0.25, -0.2) is 13.8 Å². The Morgan fingerprint density at radius 2 is 1.14 bits per heavy atom. The predicted octanol–water partition coefficient (Wildman–Crippen LogP) is 4.92. The zero-order valence-electron chi connectivity index (χ0n) is 15.0. The van der Waals surface area contributed by atoms with Gasteiger partial charge in [0.2, 0.25) is 0 Å². The largest absolute Gasteiger partial charge is 0.347 e. The number of nitrogens with zero attached hydrogens (tertiary/aromatic N) is 1. The molecule has 0 amide bonds. The lowest BCUT2D eigenvalue weighted by Crippen LogP contribution is -2.25. The minimum atomic E-state index is -0.277. The predicted molar refractivity (Wildman–Crippen MR) is 109 cm³/mol. The SMILES string of the molecule is Cl.Fc1ccc(C2NC(=NCc3ccccc3)NC2c2ccc(F)cc2)cc1. The van der Waals surface area contributed by atoms with Crippen LogP contribution in [0.3, 0.4) is 0 Å². The number of benzene rings is 3. The van der Waals surface area contributed by atoms with Crippen molar-refractivity contribution in [2.45, 2.75) is 18.6 Å². The summed E-state index contributed by atoms with van der Waals surface area (Å²) in [4.78, 5) is 4.63. The van der Waals surface area contributed by atoms with Crippen LogP contribution in [0.15, 0.2) is 83.9 Å². The van der Waals surface area contributed by atoms with Crippen molar-refractivity contribution in [3.63, 3.8) is 0 Å². The van der Waals surface area contributed by atoms with E-state index in [4.69, 9.17) is 0 Å². The minimum Gasteiger partial charge on any atom is -0.347 e. The quantitative estimate of drug-likeness (QED) is 0.653. The number of nitrogens with one attached hydrogen (secondary N) is 2. The van der Waals surface area contributed by atoms with Crippen molar-refractivity contribution in [1.82, 2.24) is 10.6 Å². The lowest BCUT2D eigenvalue weighted by molar-refractivity contribution is 0.549. The van der Waals surface area contributed by atoms with Gasteiger partial charge in [0.15, 0.2) is 5.96 Å². The average molecular weight is 400 g/mol. The van der Waals surface area contributed by atoms with E-state index in [-0.39, 0.29) is 36.1 Å². The zero-order chi connectivity index (χ0) is 18.6. The van der Waals surface area contributed by atoms with Gasteiger partial charge in [-0.1, -0.05) is 54.6 Å². The molecule has 3 aromatic rings. The molecule has 2 atom stereocenters. The topological polar surface area (TPSA) is 36.4 Å². The Bertz CT molecular complexity index is 873. The fraction of sp³-hybridized carbons (Fsp3) is 0.136. The normalized spacial score (nSPS) is 18.0. The standard InChI is InChI=1S/C22H19F2N3.ClH/c23-18-10-6-16(7-11-18)20-21(17-8-12-19(24)13-9-17)27-22(26-20)25-14-15-4-2-1-3-5-15;/h1-13,20-21H,14H2,(H2,25,26,27);1H. The van der Waals surface area contributed by atoms with Gasteiger partial charge in [0, 0.05) is 0 Å². The highest BCUT2D eigenvalue weighted by Crippen LogP contribution is 2.32. The summed E-state index contributed by atoms with van der Waals surface area (Å²) in [6.07, 6.45) is 0. The third kappa shape index (κ3) is 4.49. The van der Waals surface area contributed by atoms with Crippen LogP contribution in [0, 0.1) is 11.6 Å². The summed E-state index contributed by atoms with van der Waals surface area (Å²) in [6, 6.07) is 22.5. The summed E-state index contributed by atoms with van der Waals surface area (Å²) in [5.74, 6) is 0.115. The Kier molecular flexibility index (Phi) is 6.26. The van der Waals surface area contributed by atoms with Crippen molar-refractivity contribution in [3.8, 4) is 0 Å². The third-order valence-electron chi connectivity index (χ3n) is 4.64. The van der Waals surface area contributed by atoms with Gasteiger partial charge >= 0.3 is 0 Å². The molecule has 0 bridgehead atoms. The fourth-order valence-corrected chi connectivity index (χ4v) is 3.24. The van der Waals surface area contributed by atoms with E-state index in [9.17, 15) is 8.78 Å². The molecule has 0 spiro atoms. The van der Waals surface area contributed by atoms with Crippen molar-refractivity contribution in [1.29, 1.82) is 0 Å². The maximum absolute atomic E-state index is 13.3. The summed E-state index contributed by atoms with van der Waals surface area (Å²) in [7, 11) is 0. The number of guanidine groups is 1. The summed E-state index contributed by atoms with van der Waals surface area (Å²) in [6.45, 7) is 0.544. The Balaban J connectivity index is 0.00000225. The third-order valence-corrected chi connectivity index (χ3v) is 4.64. The Hall–Kier alpha value is -2.92. The molecule has 1 aliphatic heterocycles. The van der Waals surface area contributed by atoms with Crippen LogP contribution < -0.4 is 10.6 Å². The Morgan fingerprint density at radius 3 is 1.61 bits per heavy atom. The van der Waals surface area contributed by atoms with Crippen LogP contribution in [-0.2, 0) is 6.54 Å². The number of hydrogen-bond acceptors (Lipinski definition) is 1. The molecule has 2 N–H and O–H groups in total. The van der Waals surface area contributed by atoms with Gasteiger partial charge in [-0.3, -0.25) is 0 Å². The number of hydrogen-bond donors (Lipinski definition) is 2. The summed E-state index contributed by atoms with van der Waals surface area (Å²) >= 11 is 0. The van der Waals surface area contributed by atoms with E-state index in [1.54, 1.807) is 24.3 Å². The van der Waals surface area contributed by atoms with E-state index in [2.05, 4.69) is 15.6 Å². The van der Waals surface area contributed by atoms with E-state index in [1.807, 2.05) is 30.3 Å². The monoisotopic (exact) mass is 399 g/mol. The van der Waals surface area contributed by atoms with Crippen LogP contribution in [0.1, 0.15) is 28.8 Å². The summed E-state index contributed by atoms with van der Waals surface area (Å²) in [5.41, 5.74) is 2.98. The van der Waals surface area contributed by atoms with E-state index in [0.29, 0.717) is 12.5 Å². The molecule has 1 heterocycles. The minimum absolute atomic E-state index is 0. The molecule has 1 fully saturated rings. The van der Waals surface area contributed by atoms with Crippen molar-refractivity contribution in [2.75, 3.05) is 0 Å². The molecule has 1 aliphatic rings. The van der Waals surface area contributed by atoms with Crippen LogP contribution in [0.2, 0.25) is 0 Å². The van der Waals surface area contributed by atoms with Gasteiger partial charge in [0.1, 0.15) is 11.6 Å². The van der Waals surface area contributed by atoms with Crippen molar-refractivity contribution < 1.29 is 8.78 Å². The maximum atomic E-state index is 13.3. The molecule has 3 aromatic carbocycles. The molecular weight excluding hydrogens is 380 g/mol. The lowest BCUT2D eigenvalue weighted by atomic mass is 9.95. The van der Waals surface area contributed by atoms with Gasteiger partial charge in [0.25, 0.3) is 0 Å². The van der Waals surface area contributed by atoms with E-state index < -0.39 is 0 Å². The van der Waals surface area contributed by atoms with Crippen molar-refractivity contribution >= 4 is 18.4 Å². The van der Waals surface area contributed by atoms with Gasteiger partial charge in [0.05, 0.1) is 18.6 Å². The molecule has 0 saturated carbocycles. The van der Waals surface area contributed by atoms with Crippen molar-refractivity contribution in [2.24, 2.45) is 4.99 Å². The molecule has 0 aliphatic carbocycles. The summed E-state index contributed by atoms with van der Waals surface area (Å²) in [5, 5.41) is 6.77. The molecule has 0 aromatic heterocycles. The van der Waals surface area contributed by atoms with Gasteiger partial charge in [-0.15, -0.1) is 12.4 Å². The highest BCUT2D eigenvalue weighted by Gasteiger charge is 2.32. The second kappa shape index (κ2) is 8.85. The molecular formula is C22H20ClF2N3. The Labute approximate surface area is 168 Å². The molecule has 3 nitrogen and oxygen atoms in total. The van der Waals surface area contributed by atoms with Crippen LogP contribution in [0.4, 0.5) is 8.78 Å². The molecule has 1 saturated heterocycles. The molecule has 6 heteroatoms. The molecule has 28 heavy (non-hydrogen) atoms. The second-order valence-corrected chi connectivity index (χ2v) is 6.50. The zero-order valence-corrected chi connectivity index (χ0v) is 15.8. The fourth-order valence-electron chi connectivity index (χ4n) is 3.24. The first-order chi connectivity index (χ1) is 13.2. The molecule has 0 radical (unpaired) electrons. The van der Waals surface area contributed by atoms with Gasteiger partial charge in [-0.05, 0) is 41.0 Å². The highest BCUT2D eigenvalue weighted by molar-refractivity contribution is 5.85. The second-order valence-electron chi connectivity index (χ2n) is 6.50. The lowest BCUT2D eigenvalue weighted by Gasteiger charge is -2.19. The van der Waals surface area contributed by atoms with E-state index in [1.165, 1.54) is 24.3 Å². The van der Waals surface area contributed by atoms with Crippen LogP contribution in [0.25, 0.3) is 0 Å². The number of halogens is 3.